The predicted molar refractivity (Wildman–Crippen MR) is 55.7 cm³/mol. The Balaban J connectivity index is 4.49. The van der Waals surface area contributed by atoms with Crippen LogP contribution in [0.3, 0.4) is 0 Å². The van der Waals surface area contributed by atoms with Crippen LogP contribution in [0.4, 0.5) is 4.79 Å². The summed E-state index contributed by atoms with van der Waals surface area (Å²) in [5.74, 6) is -1.02. The van der Waals surface area contributed by atoms with Crippen LogP contribution in [0.15, 0.2) is 0 Å². The number of nitrogens with zero attached hydrogens (tertiary/aromatic N) is 1. The maximum atomic E-state index is 11.5. The SMILES string of the molecule is CCC(C(=O)O)N(C)C(=O)OC(C)(C)C. The molecule has 0 aromatic carbocycles. The number of hydrogen-bond donors (Lipinski definition) is 1. The van der Waals surface area contributed by atoms with E-state index >= 15 is 0 Å². The molecule has 1 amide bonds. The summed E-state index contributed by atoms with van der Waals surface area (Å²) in [6.45, 7) is 6.92. The zero-order valence-corrected chi connectivity index (χ0v) is 9.90. The van der Waals surface area contributed by atoms with Gasteiger partial charge in [0.05, 0.1) is 0 Å². The van der Waals surface area contributed by atoms with Crippen molar-refractivity contribution in [3.8, 4) is 0 Å². The molecular weight excluding hydrogens is 198 g/mol. The summed E-state index contributed by atoms with van der Waals surface area (Å²) in [6.07, 6.45) is -0.262. The number of carbonyl (C=O) groups is 2. The minimum absolute atomic E-state index is 0.352. The first-order chi connectivity index (χ1) is 6.69. The van der Waals surface area contributed by atoms with E-state index in [1.807, 2.05) is 0 Å². The Bertz CT molecular complexity index is 244. The molecule has 0 aromatic rings. The van der Waals surface area contributed by atoms with Crippen molar-refractivity contribution < 1.29 is 19.4 Å². The van der Waals surface area contributed by atoms with Crippen LogP contribution in [0.1, 0.15) is 34.1 Å². The van der Waals surface area contributed by atoms with Crippen LogP contribution in [-0.2, 0) is 9.53 Å². The second-order valence-electron chi connectivity index (χ2n) is 4.35. The fraction of sp³-hybridized carbons (Fsp3) is 0.800. The second kappa shape index (κ2) is 5.00. The quantitative estimate of drug-likeness (QED) is 0.781. The molecule has 15 heavy (non-hydrogen) atoms. The fourth-order valence-corrected chi connectivity index (χ4v) is 1.08. The summed E-state index contributed by atoms with van der Waals surface area (Å²) in [7, 11) is 1.43. The van der Waals surface area contributed by atoms with Gasteiger partial charge in [0.1, 0.15) is 11.6 Å². The average Bonchev–Trinajstić information content (AvgIpc) is 2.01. The van der Waals surface area contributed by atoms with Gasteiger partial charge in [0.2, 0.25) is 0 Å². The number of aliphatic carboxylic acids is 1. The molecule has 0 saturated carbocycles. The summed E-state index contributed by atoms with van der Waals surface area (Å²) in [5, 5.41) is 8.84. The van der Waals surface area contributed by atoms with Crippen molar-refractivity contribution in [2.75, 3.05) is 7.05 Å². The van der Waals surface area contributed by atoms with E-state index in [-0.39, 0.29) is 0 Å². The number of hydrogen-bond acceptors (Lipinski definition) is 3. The Labute approximate surface area is 90.0 Å². The maximum Gasteiger partial charge on any atom is 0.410 e. The molecule has 0 aromatic heterocycles. The van der Waals surface area contributed by atoms with Crippen LogP contribution in [0.25, 0.3) is 0 Å². The molecule has 0 saturated heterocycles. The van der Waals surface area contributed by atoms with Crippen molar-refractivity contribution in [1.29, 1.82) is 0 Å². The highest BCUT2D eigenvalue weighted by molar-refractivity contribution is 5.79. The minimum atomic E-state index is -1.02. The third-order valence-corrected chi connectivity index (χ3v) is 1.82. The Kier molecular flexibility index (Phi) is 4.58. The van der Waals surface area contributed by atoms with Gasteiger partial charge in [0.15, 0.2) is 0 Å². The Morgan fingerprint density at radius 2 is 1.87 bits per heavy atom. The van der Waals surface area contributed by atoms with Gasteiger partial charge < -0.3 is 9.84 Å². The summed E-state index contributed by atoms with van der Waals surface area (Å²) in [6, 6.07) is -0.833. The van der Waals surface area contributed by atoms with Gasteiger partial charge in [-0.05, 0) is 27.2 Å². The molecular formula is C10H19NO4. The largest absolute Gasteiger partial charge is 0.480 e. The predicted octanol–water partition coefficient (Wildman–Crippen LogP) is 1.72. The number of carbonyl (C=O) groups excluding carboxylic acids is 1. The van der Waals surface area contributed by atoms with Crippen LogP contribution >= 0.6 is 0 Å². The van der Waals surface area contributed by atoms with Gasteiger partial charge in [-0.3, -0.25) is 4.90 Å². The van der Waals surface area contributed by atoms with Crippen LogP contribution < -0.4 is 0 Å². The van der Waals surface area contributed by atoms with Gasteiger partial charge >= 0.3 is 12.1 Å². The second-order valence-corrected chi connectivity index (χ2v) is 4.35. The Hall–Kier alpha value is -1.26. The number of ether oxygens (including phenoxy) is 1. The van der Waals surface area contributed by atoms with E-state index in [1.54, 1.807) is 27.7 Å². The van der Waals surface area contributed by atoms with Crippen LogP contribution in [0, 0.1) is 0 Å². The van der Waals surface area contributed by atoms with Crippen molar-refractivity contribution in [3.05, 3.63) is 0 Å². The molecule has 0 bridgehead atoms. The third-order valence-electron chi connectivity index (χ3n) is 1.82. The molecule has 0 rings (SSSR count). The summed E-state index contributed by atoms with van der Waals surface area (Å²) < 4.78 is 5.06. The van der Waals surface area contributed by atoms with Gasteiger partial charge in [0.25, 0.3) is 0 Å². The summed E-state index contributed by atoms with van der Waals surface area (Å²) in [4.78, 5) is 23.4. The van der Waals surface area contributed by atoms with E-state index in [0.29, 0.717) is 6.42 Å². The third kappa shape index (κ3) is 4.67. The lowest BCUT2D eigenvalue weighted by atomic mass is 10.2. The van der Waals surface area contributed by atoms with Gasteiger partial charge in [0, 0.05) is 7.05 Å². The van der Waals surface area contributed by atoms with Gasteiger partial charge in [-0.1, -0.05) is 6.92 Å². The maximum absolute atomic E-state index is 11.5. The van der Waals surface area contributed by atoms with Crippen LogP contribution in [0.5, 0.6) is 0 Å². The first-order valence-corrected chi connectivity index (χ1v) is 4.87. The molecule has 0 aliphatic heterocycles. The first kappa shape index (κ1) is 13.7. The number of likely N-dealkylation sites (N-methyl/N-ethyl adjacent to an activating group) is 1. The fourth-order valence-electron chi connectivity index (χ4n) is 1.08. The van der Waals surface area contributed by atoms with Crippen molar-refractivity contribution in [1.82, 2.24) is 4.90 Å². The molecule has 0 aliphatic rings. The summed E-state index contributed by atoms with van der Waals surface area (Å²) >= 11 is 0. The van der Waals surface area contributed by atoms with Gasteiger partial charge in [-0.25, -0.2) is 9.59 Å². The number of carboxylic acid groups (broad SMARTS) is 1. The minimum Gasteiger partial charge on any atom is -0.480 e. The molecule has 1 atom stereocenters. The molecule has 0 fully saturated rings. The van der Waals surface area contributed by atoms with Crippen molar-refractivity contribution in [3.63, 3.8) is 0 Å². The zero-order valence-electron chi connectivity index (χ0n) is 9.90. The molecule has 0 spiro atoms. The van der Waals surface area contributed by atoms with Gasteiger partial charge in [-0.15, -0.1) is 0 Å². The van der Waals surface area contributed by atoms with Crippen LogP contribution in [-0.4, -0.2) is 40.8 Å². The summed E-state index contributed by atoms with van der Waals surface area (Å²) in [5.41, 5.74) is -0.609. The number of carboxylic acids is 1. The highest BCUT2D eigenvalue weighted by Crippen LogP contribution is 2.12. The highest BCUT2D eigenvalue weighted by atomic mass is 16.6. The molecule has 5 heteroatoms. The van der Waals surface area contributed by atoms with Crippen molar-refractivity contribution >= 4 is 12.1 Å². The Morgan fingerprint density at radius 1 is 1.40 bits per heavy atom. The molecule has 88 valence electrons. The van der Waals surface area contributed by atoms with Crippen molar-refractivity contribution in [2.45, 2.75) is 45.8 Å². The molecule has 1 unspecified atom stereocenters. The average molecular weight is 217 g/mol. The Morgan fingerprint density at radius 3 is 2.13 bits per heavy atom. The lowest BCUT2D eigenvalue weighted by Crippen LogP contribution is -2.44. The van der Waals surface area contributed by atoms with E-state index < -0.39 is 23.7 Å². The molecule has 0 aliphatic carbocycles. The van der Waals surface area contributed by atoms with E-state index in [2.05, 4.69) is 0 Å². The zero-order chi connectivity index (χ0) is 12.2. The number of rotatable bonds is 3. The standard InChI is InChI=1S/C10H19NO4/c1-6-7(8(12)13)11(5)9(14)15-10(2,3)4/h7H,6H2,1-5H3,(H,12,13). The van der Waals surface area contributed by atoms with E-state index in [0.717, 1.165) is 4.90 Å². The smallest absolute Gasteiger partial charge is 0.410 e. The lowest BCUT2D eigenvalue weighted by Gasteiger charge is -2.27. The van der Waals surface area contributed by atoms with E-state index in [1.165, 1.54) is 7.05 Å². The van der Waals surface area contributed by atoms with Gasteiger partial charge in [-0.2, -0.15) is 0 Å². The van der Waals surface area contributed by atoms with E-state index in [9.17, 15) is 9.59 Å². The molecule has 5 nitrogen and oxygen atoms in total. The van der Waals surface area contributed by atoms with Crippen molar-refractivity contribution in [2.24, 2.45) is 0 Å². The molecule has 0 radical (unpaired) electrons. The van der Waals surface area contributed by atoms with E-state index in [4.69, 9.17) is 9.84 Å². The first-order valence-electron chi connectivity index (χ1n) is 4.87. The normalized spacial score (nSPS) is 13.1. The number of amides is 1. The molecule has 0 heterocycles. The monoisotopic (exact) mass is 217 g/mol. The lowest BCUT2D eigenvalue weighted by molar-refractivity contribution is -0.142. The highest BCUT2D eigenvalue weighted by Gasteiger charge is 2.28. The molecule has 1 N–H and O–H groups in total. The van der Waals surface area contributed by atoms with Crippen LogP contribution in [0.2, 0.25) is 0 Å². The topological polar surface area (TPSA) is 66.8 Å².